The second-order valence-electron chi connectivity index (χ2n) is 5.35. The molecular weight excluding hydrogens is 304 g/mol. The van der Waals surface area contributed by atoms with Crippen LogP contribution in [0.1, 0.15) is 15.9 Å². The van der Waals surface area contributed by atoms with Gasteiger partial charge in [-0.15, -0.1) is 0 Å². The third kappa shape index (κ3) is 3.33. The molecule has 6 heteroatoms. The van der Waals surface area contributed by atoms with Gasteiger partial charge in [-0.1, -0.05) is 11.6 Å². The number of nitrogens with one attached hydrogen (secondary N) is 1. The maximum Gasteiger partial charge on any atom is 0.248 e. The quantitative estimate of drug-likeness (QED) is 0.686. The molecule has 1 heterocycles. The smallest absolute Gasteiger partial charge is 0.248 e. The summed E-state index contributed by atoms with van der Waals surface area (Å²) in [6.45, 7) is 1.95. The summed E-state index contributed by atoms with van der Waals surface area (Å²) in [5.74, 6) is 0.0750. The Labute approximate surface area is 139 Å². The lowest BCUT2D eigenvalue weighted by molar-refractivity contribution is 0.100. The first kappa shape index (κ1) is 15.5. The molecule has 0 radical (unpaired) electrons. The molecule has 0 aliphatic heterocycles. The van der Waals surface area contributed by atoms with Crippen LogP contribution in [0.5, 0.6) is 5.75 Å². The Morgan fingerprint density at radius 3 is 2.58 bits per heavy atom. The van der Waals surface area contributed by atoms with Crippen molar-refractivity contribution in [3.05, 3.63) is 65.9 Å². The molecule has 0 fully saturated rings. The summed E-state index contributed by atoms with van der Waals surface area (Å²) in [6.07, 6.45) is 1.62. The van der Waals surface area contributed by atoms with E-state index in [1.54, 1.807) is 42.6 Å². The first-order valence-electron chi connectivity index (χ1n) is 7.33. The highest BCUT2D eigenvalue weighted by molar-refractivity contribution is 5.93. The second-order valence-corrected chi connectivity index (χ2v) is 5.35. The molecule has 3 rings (SSSR count). The van der Waals surface area contributed by atoms with Gasteiger partial charge in [0, 0.05) is 23.0 Å². The van der Waals surface area contributed by atoms with Crippen molar-refractivity contribution in [3.8, 4) is 17.0 Å². The highest BCUT2D eigenvalue weighted by Gasteiger charge is 2.08. The number of aromatic hydroxyl groups is 1. The van der Waals surface area contributed by atoms with Gasteiger partial charge in [0.1, 0.15) is 5.75 Å². The second kappa shape index (κ2) is 6.37. The predicted octanol–water partition coefficient (Wildman–Crippen LogP) is 3.00. The van der Waals surface area contributed by atoms with Crippen LogP contribution in [-0.2, 0) is 0 Å². The number of nitrogens with zero attached hydrogens (tertiary/aromatic N) is 2. The number of hydrogen-bond acceptors (Lipinski definition) is 5. The zero-order valence-electron chi connectivity index (χ0n) is 13.0. The van der Waals surface area contributed by atoms with Crippen LogP contribution in [0.15, 0.2) is 54.7 Å². The van der Waals surface area contributed by atoms with Crippen molar-refractivity contribution in [1.29, 1.82) is 0 Å². The van der Waals surface area contributed by atoms with Gasteiger partial charge in [-0.05, 0) is 49.4 Å². The summed E-state index contributed by atoms with van der Waals surface area (Å²) in [4.78, 5) is 19.7. The fourth-order valence-electron chi connectivity index (χ4n) is 2.27. The third-order valence-electron chi connectivity index (χ3n) is 3.51. The number of phenols is 1. The van der Waals surface area contributed by atoms with Crippen LogP contribution in [-0.4, -0.2) is 21.0 Å². The maximum absolute atomic E-state index is 11.1. The average molecular weight is 320 g/mol. The number of rotatable bonds is 4. The van der Waals surface area contributed by atoms with Crippen LogP contribution in [0.3, 0.4) is 0 Å². The molecule has 4 N–H and O–H groups in total. The summed E-state index contributed by atoms with van der Waals surface area (Å²) in [5.41, 5.74) is 8.66. The minimum Gasteiger partial charge on any atom is -0.507 e. The number of amides is 1. The molecule has 1 amide bonds. The number of anilines is 2. The molecule has 6 nitrogen and oxygen atoms in total. The SMILES string of the molecule is Cc1ccc(O)c(-c2ccnc(Nc3ccc(C(N)=O)cc3)n2)c1. The first-order valence-corrected chi connectivity index (χ1v) is 7.33. The normalized spacial score (nSPS) is 10.4. The van der Waals surface area contributed by atoms with Gasteiger partial charge in [0.2, 0.25) is 11.9 Å². The van der Waals surface area contributed by atoms with E-state index >= 15 is 0 Å². The molecule has 0 bridgehead atoms. The predicted molar refractivity (Wildman–Crippen MR) is 92.1 cm³/mol. The molecule has 0 aliphatic rings. The lowest BCUT2D eigenvalue weighted by Gasteiger charge is -2.08. The van der Waals surface area contributed by atoms with Gasteiger partial charge < -0.3 is 16.2 Å². The van der Waals surface area contributed by atoms with Crippen molar-refractivity contribution in [2.24, 2.45) is 5.73 Å². The number of benzene rings is 2. The van der Waals surface area contributed by atoms with E-state index in [2.05, 4.69) is 15.3 Å². The Morgan fingerprint density at radius 2 is 1.88 bits per heavy atom. The lowest BCUT2D eigenvalue weighted by Crippen LogP contribution is -2.10. The number of carbonyl (C=O) groups is 1. The van der Waals surface area contributed by atoms with E-state index in [0.29, 0.717) is 22.8 Å². The van der Waals surface area contributed by atoms with Crippen LogP contribution >= 0.6 is 0 Å². The standard InChI is InChI=1S/C18H16N4O2/c1-11-2-7-16(23)14(10-11)15-8-9-20-18(22-15)21-13-5-3-12(4-6-13)17(19)24/h2-10,23H,1H3,(H2,19,24)(H,20,21,22). The number of aromatic nitrogens is 2. The van der Waals surface area contributed by atoms with E-state index in [-0.39, 0.29) is 5.75 Å². The highest BCUT2D eigenvalue weighted by atomic mass is 16.3. The van der Waals surface area contributed by atoms with Crippen molar-refractivity contribution in [1.82, 2.24) is 9.97 Å². The average Bonchev–Trinajstić information content (AvgIpc) is 2.58. The van der Waals surface area contributed by atoms with Crippen LogP contribution < -0.4 is 11.1 Å². The highest BCUT2D eigenvalue weighted by Crippen LogP contribution is 2.29. The molecule has 2 aromatic carbocycles. The minimum atomic E-state index is -0.477. The largest absolute Gasteiger partial charge is 0.507 e. The lowest BCUT2D eigenvalue weighted by atomic mass is 10.1. The molecule has 120 valence electrons. The first-order chi connectivity index (χ1) is 11.5. The van der Waals surface area contributed by atoms with Crippen LogP contribution in [0.25, 0.3) is 11.3 Å². The van der Waals surface area contributed by atoms with Gasteiger partial charge in [-0.25, -0.2) is 9.97 Å². The summed E-state index contributed by atoms with van der Waals surface area (Å²) in [7, 11) is 0. The topological polar surface area (TPSA) is 101 Å². The van der Waals surface area contributed by atoms with Crippen molar-refractivity contribution >= 4 is 17.5 Å². The Balaban J connectivity index is 1.88. The van der Waals surface area contributed by atoms with Gasteiger partial charge >= 0.3 is 0 Å². The molecule has 0 atom stereocenters. The molecule has 0 aliphatic carbocycles. The minimum absolute atomic E-state index is 0.163. The van der Waals surface area contributed by atoms with Gasteiger partial charge in [0.25, 0.3) is 0 Å². The fraction of sp³-hybridized carbons (Fsp3) is 0.0556. The number of phenolic OH excluding ortho intramolecular Hbond substituents is 1. The van der Waals surface area contributed by atoms with E-state index < -0.39 is 5.91 Å². The van der Waals surface area contributed by atoms with Crippen LogP contribution in [0.4, 0.5) is 11.6 Å². The van der Waals surface area contributed by atoms with Crippen molar-refractivity contribution < 1.29 is 9.90 Å². The summed E-state index contributed by atoms with van der Waals surface area (Å²) in [5, 5.41) is 13.1. The Bertz CT molecular complexity index is 892. The van der Waals surface area contributed by atoms with Crippen molar-refractivity contribution in [2.45, 2.75) is 6.92 Å². The van der Waals surface area contributed by atoms with E-state index in [0.717, 1.165) is 11.3 Å². The third-order valence-corrected chi connectivity index (χ3v) is 3.51. The number of hydrogen-bond donors (Lipinski definition) is 3. The Kier molecular flexibility index (Phi) is 4.11. The van der Waals surface area contributed by atoms with E-state index in [9.17, 15) is 9.90 Å². The summed E-state index contributed by atoms with van der Waals surface area (Å²) in [6, 6.07) is 13.8. The summed E-state index contributed by atoms with van der Waals surface area (Å²) >= 11 is 0. The monoisotopic (exact) mass is 320 g/mol. The molecule has 24 heavy (non-hydrogen) atoms. The van der Waals surface area contributed by atoms with Gasteiger partial charge in [0.15, 0.2) is 0 Å². The zero-order chi connectivity index (χ0) is 17.1. The van der Waals surface area contributed by atoms with E-state index in [4.69, 9.17) is 5.73 Å². The van der Waals surface area contributed by atoms with Gasteiger partial charge in [-0.3, -0.25) is 4.79 Å². The van der Waals surface area contributed by atoms with Crippen molar-refractivity contribution in [3.63, 3.8) is 0 Å². The molecule has 0 spiro atoms. The molecule has 1 aromatic heterocycles. The number of aryl methyl sites for hydroxylation is 1. The fourth-order valence-corrected chi connectivity index (χ4v) is 2.27. The number of primary amides is 1. The van der Waals surface area contributed by atoms with Crippen LogP contribution in [0.2, 0.25) is 0 Å². The summed E-state index contributed by atoms with van der Waals surface area (Å²) < 4.78 is 0. The zero-order valence-corrected chi connectivity index (χ0v) is 13.0. The Hall–Kier alpha value is -3.41. The molecule has 0 saturated heterocycles. The van der Waals surface area contributed by atoms with E-state index in [1.807, 2.05) is 19.1 Å². The van der Waals surface area contributed by atoms with E-state index in [1.165, 1.54) is 0 Å². The van der Waals surface area contributed by atoms with Crippen LogP contribution in [0, 0.1) is 6.92 Å². The maximum atomic E-state index is 11.1. The molecule has 0 unspecified atom stereocenters. The van der Waals surface area contributed by atoms with Gasteiger partial charge in [0.05, 0.1) is 5.69 Å². The Morgan fingerprint density at radius 1 is 1.12 bits per heavy atom. The number of nitrogens with two attached hydrogens (primary N) is 1. The molecule has 0 saturated carbocycles. The van der Waals surface area contributed by atoms with Crippen molar-refractivity contribution in [2.75, 3.05) is 5.32 Å². The molecular formula is C18H16N4O2. The van der Waals surface area contributed by atoms with Gasteiger partial charge in [-0.2, -0.15) is 0 Å². The number of carbonyl (C=O) groups excluding carboxylic acids is 1. The molecule has 3 aromatic rings.